The summed E-state index contributed by atoms with van der Waals surface area (Å²) >= 11 is 5.70. The Morgan fingerprint density at radius 2 is 2.31 bits per heavy atom. The fourth-order valence-electron chi connectivity index (χ4n) is 1.07. The van der Waals surface area contributed by atoms with E-state index in [4.69, 9.17) is 11.6 Å². The van der Waals surface area contributed by atoms with E-state index >= 15 is 0 Å². The highest BCUT2D eigenvalue weighted by atomic mass is 35.5. The fourth-order valence-corrected chi connectivity index (χ4v) is 1.33. The van der Waals surface area contributed by atoms with Crippen molar-refractivity contribution in [1.82, 2.24) is 0 Å². The molecule has 0 saturated carbocycles. The number of halogens is 2. The van der Waals surface area contributed by atoms with Gasteiger partial charge in [-0.15, -0.1) is 11.6 Å². The standard InChI is InChI=1S/C11H12ClF/c1-2-9(8-12)6-10-4-3-5-11(13)7-10/h3-7H,2,8H2,1H3. The lowest BCUT2D eigenvalue weighted by atomic mass is 10.1. The molecule has 0 nitrogen and oxygen atoms in total. The number of rotatable bonds is 3. The number of allylic oxidation sites excluding steroid dienone is 1. The largest absolute Gasteiger partial charge is 0.207 e. The zero-order valence-electron chi connectivity index (χ0n) is 7.56. The number of hydrogen-bond acceptors (Lipinski definition) is 0. The summed E-state index contributed by atoms with van der Waals surface area (Å²) in [4.78, 5) is 0. The molecule has 70 valence electrons. The van der Waals surface area contributed by atoms with Crippen molar-refractivity contribution in [2.45, 2.75) is 13.3 Å². The van der Waals surface area contributed by atoms with Crippen LogP contribution in [0.5, 0.6) is 0 Å². The van der Waals surface area contributed by atoms with E-state index in [-0.39, 0.29) is 5.82 Å². The van der Waals surface area contributed by atoms with Gasteiger partial charge in [0, 0.05) is 5.88 Å². The summed E-state index contributed by atoms with van der Waals surface area (Å²) in [7, 11) is 0. The summed E-state index contributed by atoms with van der Waals surface area (Å²) in [5.74, 6) is 0.297. The van der Waals surface area contributed by atoms with E-state index in [2.05, 4.69) is 0 Å². The summed E-state index contributed by atoms with van der Waals surface area (Å²) < 4.78 is 12.8. The Bertz CT molecular complexity index is 299. The van der Waals surface area contributed by atoms with E-state index in [0.717, 1.165) is 17.6 Å². The van der Waals surface area contributed by atoms with E-state index in [0.29, 0.717) is 5.88 Å². The first-order valence-corrected chi connectivity index (χ1v) is 4.80. The number of alkyl halides is 1. The van der Waals surface area contributed by atoms with Crippen molar-refractivity contribution in [2.24, 2.45) is 0 Å². The molecule has 0 saturated heterocycles. The van der Waals surface area contributed by atoms with E-state index in [9.17, 15) is 4.39 Å². The second-order valence-electron chi connectivity index (χ2n) is 2.84. The van der Waals surface area contributed by atoms with Crippen LogP contribution in [0.2, 0.25) is 0 Å². The maximum atomic E-state index is 12.8. The molecule has 0 aliphatic heterocycles. The first-order valence-electron chi connectivity index (χ1n) is 4.27. The lowest BCUT2D eigenvalue weighted by Gasteiger charge is -1.99. The number of hydrogen-bond donors (Lipinski definition) is 0. The van der Waals surface area contributed by atoms with Crippen LogP contribution in [0.25, 0.3) is 6.08 Å². The van der Waals surface area contributed by atoms with Gasteiger partial charge >= 0.3 is 0 Å². The fraction of sp³-hybridized carbons (Fsp3) is 0.273. The molecule has 13 heavy (non-hydrogen) atoms. The lowest BCUT2D eigenvalue weighted by Crippen LogP contribution is -1.83. The van der Waals surface area contributed by atoms with Crippen molar-refractivity contribution < 1.29 is 4.39 Å². The third-order valence-corrected chi connectivity index (χ3v) is 2.19. The molecule has 0 N–H and O–H groups in total. The van der Waals surface area contributed by atoms with Crippen LogP contribution < -0.4 is 0 Å². The van der Waals surface area contributed by atoms with E-state index in [1.54, 1.807) is 6.07 Å². The predicted octanol–water partition coefficient (Wildman–Crippen LogP) is 3.86. The third kappa shape index (κ3) is 3.19. The first kappa shape index (κ1) is 10.3. The van der Waals surface area contributed by atoms with Crippen molar-refractivity contribution in [3.63, 3.8) is 0 Å². The molecule has 0 atom stereocenters. The van der Waals surface area contributed by atoms with Crippen LogP contribution >= 0.6 is 11.6 Å². The summed E-state index contributed by atoms with van der Waals surface area (Å²) in [6, 6.07) is 6.50. The van der Waals surface area contributed by atoms with Gasteiger partial charge in [-0.3, -0.25) is 0 Å². The third-order valence-electron chi connectivity index (χ3n) is 1.85. The van der Waals surface area contributed by atoms with Gasteiger partial charge in [0.05, 0.1) is 0 Å². The zero-order valence-corrected chi connectivity index (χ0v) is 8.31. The molecule has 0 aliphatic carbocycles. The van der Waals surface area contributed by atoms with Gasteiger partial charge in [0.15, 0.2) is 0 Å². The highest BCUT2D eigenvalue weighted by Crippen LogP contribution is 2.12. The number of benzene rings is 1. The Morgan fingerprint density at radius 3 is 2.85 bits per heavy atom. The Morgan fingerprint density at radius 1 is 1.54 bits per heavy atom. The minimum absolute atomic E-state index is 0.209. The molecule has 1 aromatic rings. The van der Waals surface area contributed by atoms with Gasteiger partial charge in [0.2, 0.25) is 0 Å². The van der Waals surface area contributed by atoms with Crippen molar-refractivity contribution in [1.29, 1.82) is 0 Å². The second-order valence-corrected chi connectivity index (χ2v) is 3.11. The highest BCUT2D eigenvalue weighted by molar-refractivity contribution is 6.19. The van der Waals surface area contributed by atoms with Crippen LogP contribution in [0.1, 0.15) is 18.9 Å². The summed E-state index contributed by atoms with van der Waals surface area (Å²) in [5.41, 5.74) is 1.99. The topological polar surface area (TPSA) is 0 Å². The molecule has 0 unspecified atom stereocenters. The highest BCUT2D eigenvalue weighted by Gasteiger charge is 1.94. The average Bonchev–Trinajstić information content (AvgIpc) is 2.14. The smallest absolute Gasteiger partial charge is 0.123 e. The second kappa shape index (κ2) is 5.03. The molecule has 1 rings (SSSR count). The quantitative estimate of drug-likeness (QED) is 0.647. The Balaban J connectivity index is 2.89. The molecule has 0 bridgehead atoms. The SMILES string of the molecule is CCC(=Cc1cccc(F)c1)CCl. The Labute approximate surface area is 83.0 Å². The van der Waals surface area contributed by atoms with Crippen LogP contribution in [-0.2, 0) is 0 Å². The average molecular weight is 199 g/mol. The van der Waals surface area contributed by atoms with Gasteiger partial charge in [-0.05, 0) is 24.1 Å². The molecular weight excluding hydrogens is 187 g/mol. The molecule has 2 heteroatoms. The molecule has 0 aliphatic rings. The van der Waals surface area contributed by atoms with Crippen molar-refractivity contribution in [3.05, 3.63) is 41.2 Å². The van der Waals surface area contributed by atoms with Crippen molar-refractivity contribution >= 4 is 17.7 Å². The maximum absolute atomic E-state index is 12.8. The molecule has 0 fully saturated rings. The Kier molecular flexibility index (Phi) is 3.97. The molecule has 0 radical (unpaired) electrons. The van der Waals surface area contributed by atoms with Gasteiger partial charge in [0.25, 0.3) is 0 Å². The molecule has 1 aromatic carbocycles. The van der Waals surface area contributed by atoms with Crippen LogP contribution in [0.4, 0.5) is 4.39 Å². The molecule has 0 spiro atoms. The van der Waals surface area contributed by atoms with Crippen molar-refractivity contribution in [2.75, 3.05) is 5.88 Å². The van der Waals surface area contributed by atoms with Gasteiger partial charge in [-0.2, -0.15) is 0 Å². The minimum Gasteiger partial charge on any atom is -0.207 e. The summed E-state index contributed by atoms with van der Waals surface area (Å²) in [6.07, 6.45) is 2.83. The van der Waals surface area contributed by atoms with Crippen LogP contribution in [0, 0.1) is 5.82 Å². The molecule has 0 heterocycles. The maximum Gasteiger partial charge on any atom is 0.123 e. The molecular formula is C11H12ClF. The first-order chi connectivity index (χ1) is 6.26. The van der Waals surface area contributed by atoms with Crippen LogP contribution in [0.3, 0.4) is 0 Å². The van der Waals surface area contributed by atoms with Gasteiger partial charge in [-0.25, -0.2) is 4.39 Å². The lowest BCUT2D eigenvalue weighted by molar-refractivity contribution is 0.627. The molecule has 0 amide bonds. The normalized spacial score (nSPS) is 11.8. The van der Waals surface area contributed by atoms with Crippen LogP contribution in [-0.4, -0.2) is 5.88 Å². The van der Waals surface area contributed by atoms with E-state index in [1.165, 1.54) is 12.1 Å². The predicted molar refractivity (Wildman–Crippen MR) is 55.4 cm³/mol. The van der Waals surface area contributed by atoms with Gasteiger partial charge in [0.1, 0.15) is 5.82 Å². The zero-order chi connectivity index (χ0) is 9.68. The molecule has 0 aromatic heterocycles. The summed E-state index contributed by atoms with van der Waals surface area (Å²) in [5, 5.41) is 0. The van der Waals surface area contributed by atoms with Crippen molar-refractivity contribution in [3.8, 4) is 0 Å². The summed E-state index contributed by atoms with van der Waals surface area (Å²) in [6.45, 7) is 2.04. The van der Waals surface area contributed by atoms with Crippen LogP contribution in [0.15, 0.2) is 29.8 Å². The monoisotopic (exact) mass is 198 g/mol. The van der Waals surface area contributed by atoms with Gasteiger partial charge < -0.3 is 0 Å². The van der Waals surface area contributed by atoms with E-state index < -0.39 is 0 Å². The van der Waals surface area contributed by atoms with E-state index in [1.807, 2.05) is 19.1 Å². The minimum atomic E-state index is -0.209. The van der Waals surface area contributed by atoms with Gasteiger partial charge in [-0.1, -0.05) is 30.7 Å². The Hall–Kier alpha value is -0.820.